The summed E-state index contributed by atoms with van der Waals surface area (Å²) in [4.78, 5) is 12.5. The highest BCUT2D eigenvalue weighted by Gasteiger charge is 2.30. The van der Waals surface area contributed by atoms with Gasteiger partial charge in [-0.05, 0) is 43.0 Å². The van der Waals surface area contributed by atoms with E-state index in [0.29, 0.717) is 28.9 Å². The molecular weight excluding hydrogens is 281 g/mol. The topological polar surface area (TPSA) is 43.1 Å². The van der Waals surface area contributed by atoms with E-state index in [1.165, 1.54) is 6.42 Å². The molecule has 19 heavy (non-hydrogen) atoms. The van der Waals surface area contributed by atoms with Crippen molar-refractivity contribution in [3.05, 3.63) is 33.8 Å². The average molecular weight is 300 g/mol. The number of benzene rings is 1. The number of Topliss-reactive ketones (excluding diaryl/α,β-unsaturated/α-hetero) is 1. The molecule has 2 nitrogen and oxygen atoms in total. The number of carbonyl (C=O) groups excluding carboxylic acids is 1. The highest BCUT2D eigenvalue weighted by atomic mass is 35.5. The molecule has 0 aromatic heterocycles. The lowest BCUT2D eigenvalue weighted by molar-refractivity contribution is -0.124. The Morgan fingerprint density at radius 2 is 1.84 bits per heavy atom. The average Bonchev–Trinajstić information content (AvgIpc) is 2.42. The Morgan fingerprint density at radius 3 is 2.47 bits per heavy atom. The van der Waals surface area contributed by atoms with Crippen LogP contribution in [-0.4, -0.2) is 12.3 Å². The second kappa shape index (κ2) is 6.74. The van der Waals surface area contributed by atoms with Gasteiger partial charge in [0.05, 0.1) is 0 Å². The SMILES string of the molecule is NCC1CCCCC1C(=O)Cc1c(Cl)cccc1Cl. The lowest BCUT2D eigenvalue weighted by atomic mass is 9.76. The first kappa shape index (κ1) is 14.8. The number of ketones is 1. The van der Waals surface area contributed by atoms with Gasteiger partial charge >= 0.3 is 0 Å². The molecule has 0 heterocycles. The largest absolute Gasteiger partial charge is 0.330 e. The molecule has 2 unspecified atom stereocenters. The van der Waals surface area contributed by atoms with Crippen LogP contribution in [-0.2, 0) is 11.2 Å². The third kappa shape index (κ3) is 3.50. The number of hydrogen-bond donors (Lipinski definition) is 1. The summed E-state index contributed by atoms with van der Waals surface area (Å²) in [7, 11) is 0. The predicted molar refractivity (Wildman–Crippen MR) is 79.7 cm³/mol. The molecule has 0 radical (unpaired) electrons. The smallest absolute Gasteiger partial charge is 0.140 e. The van der Waals surface area contributed by atoms with Crippen molar-refractivity contribution < 1.29 is 4.79 Å². The van der Waals surface area contributed by atoms with Crippen molar-refractivity contribution in [1.82, 2.24) is 0 Å². The highest BCUT2D eigenvalue weighted by Crippen LogP contribution is 2.32. The van der Waals surface area contributed by atoms with Gasteiger partial charge in [0.25, 0.3) is 0 Å². The Morgan fingerprint density at radius 1 is 1.21 bits per heavy atom. The van der Waals surface area contributed by atoms with E-state index in [4.69, 9.17) is 28.9 Å². The Balaban J connectivity index is 2.12. The Kier molecular flexibility index (Phi) is 5.26. The molecule has 1 aromatic rings. The monoisotopic (exact) mass is 299 g/mol. The molecule has 2 rings (SSSR count). The molecule has 1 aromatic carbocycles. The van der Waals surface area contributed by atoms with E-state index in [1.54, 1.807) is 18.2 Å². The van der Waals surface area contributed by atoms with Crippen LogP contribution in [0.1, 0.15) is 31.2 Å². The summed E-state index contributed by atoms with van der Waals surface area (Å²) in [5.41, 5.74) is 6.53. The van der Waals surface area contributed by atoms with Gasteiger partial charge in [0, 0.05) is 22.4 Å². The van der Waals surface area contributed by atoms with Crippen LogP contribution in [0.3, 0.4) is 0 Å². The zero-order valence-corrected chi connectivity index (χ0v) is 12.4. The quantitative estimate of drug-likeness (QED) is 0.917. The van der Waals surface area contributed by atoms with E-state index in [9.17, 15) is 4.79 Å². The van der Waals surface area contributed by atoms with Crippen molar-refractivity contribution in [3.8, 4) is 0 Å². The number of rotatable bonds is 4. The molecule has 2 atom stereocenters. The van der Waals surface area contributed by atoms with Crippen LogP contribution in [0.4, 0.5) is 0 Å². The van der Waals surface area contributed by atoms with Gasteiger partial charge in [0.1, 0.15) is 5.78 Å². The molecule has 0 saturated heterocycles. The van der Waals surface area contributed by atoms with Crippen LogP contribution in [0.25, 0.3) is 0 Å². The fourth-order valence-corrected chi connectivity index (χ4v) is 3.45. The maximum atomic E-state index is 12.5. The minimum atomic E-state index is 0.0751. The Labute approximate surface area is 124 Å². The maximum absolute atomic E-state index is 12.5. The van der Waals surface area contributed by atoms with Crippen LogP contribution >= 0.6 is 23.2 Å². The number of nitrogens with two attached hydrogens (primary N) is 1. The number of carbonyl (C=O) groups is 1. The second-order valence-electron chi connectivity index (χ2n) is 5.23. The van der Waals surface area contributed by atoms with E-state index in [-0.39, 0.29) is 11.7 Å². The van der Waals surface area contributed by atoms with Crippen LogP contribution in [0.5, 0.6) is 0 Å². The first-order valence-electron chi connectivity index (χ1n) is 6.79. The molecule has 0 spiro atoms. The van der Waals surface area contributed by atoms with Crippen molar-refractivity contribution in [2.75, 3.05) is 6.54 Å². The van der Waals surface area contributed by atoms with Gasteiger partial charge in [-0.15, -0.1) is 0 Å². The molecular formula is C15H19Cl2NO. The first-order chi connectivity index (χ1) is 9.13. The molecule has 0 bridgehead atoms. The molecule has 0 amide bonds. The van der Waals surface area contributed by atoms with E-state index < -0.39 is 0 Å². The van der Waals surface area contributed by atoms with Crippen molar-refractivity contribution >= 4 is 29.0 Å². The van der Waals surface area contributed by atoms with Crippen LogP contribution in [0, 0.1) is 11.8 Å². The minimum absolute atomic E-state index is 0.0751. The van der Waals surface area contributed by atoms with Crippen molar-refractivity contribution in [2.45, 2.75) is 32.1 Å². The van der Waals surface area contributed by atoms with Gasteiger partial charge in [-0.25, -0.2) is 0 Å². The van der Waals surface area contributed by atoms with Gasteiger partial charge in [-0.3, -0.25) is 4.79 Å². The first-order valence-corrected chi connectivity index (χ1v) is 7.54. The predicted octanol–water partition coefficient (Wildman–Crippen LogP) is 3.87. The number of hydrogen-bond acceptors (Lipinski definition) is 2. The van der Waals surface area contributed by atoms with Gasteiger partial charge in [0.2, 0.25) is 0 Å². The summed E-state index contributed by atoms with van der Waals surface area (Å²) >= 11 is 12.2. The fraction of sp³-hybridized carbons (Fsp3) is 0.533. The summed E-state index contributed by atoms with van der Waals surface area (Å²) in [6.07, 6.45) is 4.62. The van der Waals surface area contributed by atoms with E-state index >= 15 is 0 Å². The number of halogens is 2. The third-order valence-electron chi connectivity index (χ3n) is 4.04. The van der Waals surface area contributed by atoms with E-state index in [0.717, 1.165) is 24.8 Å². The molecule has 1 aliphatic carbocycles. The van der Waals surface area contributed by atoms with Crippen LogP contribution in [0.15, 0.2) is 18.2 Å². The van der Waals surface area contributed by atoms with E-state index in [2.05, 4.69) is 0 Å². The van der Waals surface area contributed by atoms with Gasteiger partial charge in [-0.2, -0.15) is 0 Å². The van der Waals surface area contributed by atoms with Gasteiger partial charge in [-0.1, -0.05) is 42.1 Å². The summed E-state index contributed by atoms with van der Waals surface area (Å²) in [6.45, 7) is 0.590. The Bertz CT molecular complexity index is 441. The zero-order chi connectivity index (χ0) is 13.8. The summed E-state index contributed by atoms with van der Waals surface area (Å²) in [6, 6.07) is 5.34. The van der Waals surface area contributed by atoms with Gasteiger partial charge < -0.3 is 5.73 Å². The molecule has 104 valence electrons. The van der Waals surface area contributed by atoms with Crippen molar-refractivity contribution in [1.29, 1.82) is 0 Å². The molecule has 2 N–H and O–H groups in total. The summed E-state index contributed by atoms with van der Waals surface area (Å²) < 4.78 is 0. The molecule has 0 aliphatic heterocycles. The fourth-order valence-electron chi connectivity index (χ4n) is 2.92. The molecule has 4 heteroatoms. The normalized spacial score (nSPS) is 23.3. The van der Waals surface area contributed by atoms with Crippen LogP contribution < -0.4 is 5.73 Å². The molecule has 1 saturated carbocycles. The minimum Gasteiger partial charge on any atom is -0.330 e. The lowest BCUT2D eigenvalue weighted by Gasteiger charge is -2.29. The second-order valence-corrected chi connectivity index (χ2v) is 6.04. The molecule has 1 aliphatic rings. The third-order valence-corrected chi connectivity index (χ3v) is 4.75. The highest BCUT2D eigenvalue weighted by molar-refractivity contribution is 6.36. The standard InChI is InChI=1S/C15H19Cl2NO/c16-13-6-3-7-14(17)12(13)8-15(19)11-5-2-1-4-10(11)9-18/h3,6-7,10-11H,1-2,4-5,8-9,18H2. The summed E-state index contributed by atoms with van der Waals surface area (Å²) in [5.74, 6) is 0.624. The van der Waals surface area contributed by atoms with E-state index in [1.807, 2.05) is 0 Å². The van der Waals surface area contributed by atoms with Crippen molar-refractivity contribution in [3.63, 3.8) is 0 Å². The zero-order valence-electron chi connectivity index (χ0n) is 10.9. The Hall–Kier alpha value is -0.570. The lowest BCUT2D eigenvalue weighted by Crippen LogP contribution is -2.33. The van der Waals surface area contributed by atoms with Crippen LogP contribution in [0.2, 0.25) is 10.0 Å². The van der Waals surface area contributed by atoms with Gasteiger partial charge in [0.15, 0.2) is 0 Å². The van der Waals surface area contributed by atoms with Crippen molar-refractivity contribution in [2.24, 2.45) is 17.6 Å². The summed E-state index contributed by atoms with van der Waals surface area (Å²) in [5, 5.41) is 1.14. The molecule has 1 fully saturated rings. The maximum Gasteiger partial charge on any atom is 0.140 e.